The zero-order valence-electron chi connectivity index (χ0n) is 14.8. The van der Waals surface area contributed by atoms with Crippen LogP contribution in [0.1, 0.15) is 17.0 Å². The average molecular weight is 387 g/mol. The SMILES string of the molecule is COc1ccc(-c2ccc(CN3CCc4nc(N)[nH]c(=O)c4C3)o2)cc1Cl. The van der Waals surface area contributed by atoms with Crippen LogP contribution in [0.15, 0.2) is 39.5 Å². The lowest BCUT2D eigenvalue weighted by molar-refractivity contribution is 0.223. The molecule has 3 heterocycles. The van der Waals surface area contributed by atoms with Crippen molar-refractivity contribution in [1.29, 1.82) is 0 Å². The number of nitrogens with zero attached hydrogens (tertiary/aromatic N) is 2. The smallest absolute Gasteiger partial charge is 0.257 e. The Morgan fingerprint density at radius 1 is 1.37 bits per heavy atom. The fourth-order valence-electron chi connectivity index (χ4n) is 3.29. The number of rotatable bonds is 4. The van der Waals surface area contributed by atoms with Gasteiger partial charge in [-0.15, -0.1) is 0 Å². The Hall–Kier alpha value is -2.77. The molecule has 3 aromatic rings. The third kappa shape index (κ3) is 3.56. The van der Waals surface area contributed by atoms with Crippen molar-refractivity contribution in [3.05, 3.63) is 62.7 Å². The normalized spacial score (nSPS) is 14.1. The van der Waals surface area contributed by atoms with Crippen molar-refractivity contribution < 1.29 is 9.15 Å². The fourth-order valence-corrected chi connectivity index (χ4v) is 3.55. The molecule has 4 rings (SSSR count). The summed E-state index contributed by atoms with van der Waals surface area (Å²) in [5, 5.41) is 0.534. The van der Waals surface area contributed by atoms with E-state index >= 15 is 0 Å². The van der Waals surface area contributed by atoms with Crippen molar-refractivity contribution in [2.45, 2.75) is 19.5 Å². The van der Waals surface area contributed by atoms with Crippen molar-refractivity contribution in [3.63, 3.8) is 0 Å². The number of H-pyrrole nitrogens is 1. The quantitative estimate of drug-likeness (QED) is 0.715. The van der Waals surface area contributed by atoms with Crippen molar-refractivity contribution in [2.24, 2.45) is 0 Å². The summed E-state index contributed by atoms with van der Waals surface area (Å²) < 4.78 is 11.2. The molecule has 8 heteroatoms. The molecule has 2 aromatic heterocycles. The standard InChI is InChI=1S/C19H19ClN4O3/c1-26-17-4-2-11(8-14(17)20)16-5-3-12(27-16)9-24-7-6-15-13(10-24)18(25)23-19(21)22-15/h2-5,8H,6-7,9-10H2,1H3,(H3,21,22,23,25). The number of halogens is 1. The minimum Gasteiger partial charge on any atom is -0.495 e. The van der Waals surface area contributed by atoms with Crippen LogP contribution in [0.4, 0.5) is 5.95 Å². The largest absolute Gasteiger partial charge is 0.495 e. The summed E-state index contributed by atoms with van der Waals surface area (Å²) in [4.78, 5) is 21.1. The number of furan rings is 1. The van der Waals surface area contributed by atoms with Crippen LogP contribution in [0.2, 0.25) is 5.02 Å². The molecule has 0 aliphatic carbocycles. The van der Waals surface area contributed by atoms with Crippen LogP contribution in [0.5, 0.6) is 5.75 Å². The van der Waals surface area contributed by atoms with Gasteiger partial charge < -0.3 is 14.9 Å². The maximum absolute atomic E-state index is 12.1. The van der Waals surface area contributed by atoms with Crippen LogP contribution in [0.25, 0.3) is 11.3 Å². The lowest BCUT2D eigenvalue weighted by Crippen LogP contribution is -2.35. The molecule has 0 saturated carbocycles. The first-order valence-corrected chi connectivity index (χ1v) is 8.94. The Bertz CT molecular complexity index is 1040. The number of nitrogens with one attached hydrogen (secondary N) is 1. The minimum absolute atomic E-state index is 0.168. The van der Waals surface area contributed by atoms with Gasteiger partial charge in [-0.25, -0.2) is 4.98 Å². The third-order valence-electron chi connectivity index (χ3n) is 4.64. The van der Waals surface area contributed by atoms with Gasteiger partial charge in [-0.05, 0) is 30.3 Å². The van der Waals surface area contributed by atoms with E-state index < -0.39 is 0 Å². The molecule has 27 heavy (non-hydrogen) atoms. The van der Waals surface area contributed by atoms with Gasteiger partial charge in [-0.3, -0.25) is 14.7 Å². The predicted molar refractivity (Wildman–Crippen MR) is 103 cm³/mol. The second-order valence-electron chi connectivity index (χ2n) is 6.45. The van der Waals surface area contributed by atoms with Gasteiger partial charge in [0.2, 0.25) is 5.95 Å². The van der Waals surface area contributed by atoms with Gasteiger partial charge in [0.05, 0.1) is 29.9 Å². The number of anilines is 1. The molecule has 1 aliphatic heterocycles. The fraction of sp³-hybridized carbons (Fsp3) is 0.263. The van der Waals surface area contributed by atoms with E-state index in [9.17, 15) is 4.79 Å². The predicted octanol–water partition coefficient (Wildman–Crippen LogP) is 2.83. The number of hydrogen-bond acceptors (Lipinski definition) is 6. The van der Waals surface area contributed by atoms with E-state index in [0.717, 1.165) is 29.3 Å². The molecule has 0 unspecified atom stereocenters. The molecule has 0 radical (unpaired) electrons. The van der Waals surface area contributed by atoms with E-state index in [1.54, 1.807) is 7.11 Å². The van der Waals surface area contributed by atoms with Crippen LogP contribution in [-0.2, 0) is 19.5 Å². The highest BCUT2D eigenvalue weighted by atomic mass is 35.5. The van der Waals surface area contributed by atoms with E-state index in [0.29, 0.717) is 35.8 Å². The zero-order chi connectivity index (χ0) is 19.0. The highest BCUT2D eigenvalue weighted by Crippen LogP contribution is 2.31. The van der Waals surface area contributed by atoms with Gasteiger partial charge in [-0.2, -0.15) is 0 Å². The van der Waals surface area contributed by atoms with Gasteiger partial charge in [0.1, 0.15) is 17.3 Å². The van der Waals surface area contributed by atoms with Crippen LogP contribution < -0.4 is 16.0 Å². The number of aromatic amines is 1. The molecule has 1 aromatic carbocycles. The van der Waals surface area contributed by atoms with Crippen LogP contribution >= 0.6 is 11.6 Å². The maximum Gasteiger partial charge on any atom is 0.257 e. The van der Waals surface area contributed by atoms with E-state index in [1.807, 2.05) is 30.3 Å². The summed E-state index contributed by atoms with van der Waals surface area (Å²) in [5.74, 6) is 2.35. The van der Waals surface area contributed by atoms with Gasteiger partial charge in [0, 0.05) is 25.1 Å². The Morgan fingerprint density at radius 2 is 2.22 bits per heavy atom. The minimum atomic E-state index is -0.171. The second-order valence-corrected chi connectivity index (χ2v) is 6.86. The lowest BCUT2D eigenvalue weighted by Gasteiger charge is -2.26. The van der Waals surface area contributed by atoms with Crippen molar-refractivity contribution in [2.75, 3.05) is 19.4 Å². The average Bonchev–Trinajstić information content (AvgIpc) is 3.10. The number of methoxy groups -OCH3 is 1. The Labute approximate surface area is 160 Å². The number of aromatic nitrogens is 2. The van der Waals surface area contributed by atoms with Gasteiger partial charge in [0.15, 0.2) is 0 Å². The highest BCUT2D eigenvalue weighted by molar-refractivity contribution is 6.32. The summed E-state index contributed by atoms with van der Waals surface area (Å²) in [6, 6.07) is 9.39. The first kappa shape index (κ1) is 17.6. The topological polar surface area (TPSA) is 97.4 Å². The van der Waals surface area contributed by atoms with Crippen LogP contribution in [0.3, 0.4) is 0 Å². The van der Waals surface area contributed by atoms with Crippen molar-refractivity contribution >= 4 is 17.5 Å². The second kappa shape index (κ2) is 7.09. The third-order valence-corrected chi connectivity index (χ3v) is 4.94. The van der Waals surface area contributed by atoms with Crippen molar-refractivity contribution in [1.82, 2.24) is 14.9 Å². The molecule has 0 spiro atoms. The molecule has 7 nitrogen and oxygen atoms in total. The molecule has 140 valence electrons. The highest BCUT2D eigenvalue weighted by Gasteiger charge is 2.22. The number of nitrogen functional groups attached to an aromatic ring is 1. The summed E-state index contributed by atoms with van der Waals surface area (Å²) in [5.41, 5.74) is 7.77. The van der Waals surface area contributed by atoms with Gasteiger partial charge in [-0.1, -0.05) is 11.6 Å². The van der Waals surface area contributed by atoms with Gasteiger partial charge >= 0.3 is 0 Å². The van der Waals surface area contributed by atoms with E-state index in [-0.39, 0.29) is 11.5 Å². The number of hydrogen-bond donors (Lipinski definition) is 2. The molecule has 0 amide bonds. The zero-order valence-corrected chi connectivity index (χ0v) is 15.5. The lowest BCUT2D eigenvalue weighted by atomic mass is 10.1. The molecule has 3 N–H and O–H groups in total. The summed E-state index contributed by atoms with van der Waals surface area (Å²) >= 11 is 6.19. The van der Waals surface area contributed by atoms with E-state index in [1.165, 1.54) is 0 Å². The molecule has 0 bridgehead atoms. The number of fused-ring (bicyclic) bond motifs is 1. The van der Waals surface area contributed by atoms with E-state index in [4.69, 9.17) is 26.5 Å². The number of ether oxygens (including phenoxy) is 1. The summed E-state index contributed by atoms with van der Waals surface area (Å²) in [7, 11) is 1.58. The summed E-state index contributed by atoms with van der Waals surface area (Å²) in [6.07, 6.45) is 0.686. The summed E-state index contributed by atoms with van der Waals surface area (Å²) in [6.45, 7) is 1.91. The molecular formula is C19H19ClN4O3. The Morgan fingerprint density at radius 3 is 3.00 bits per heavy atom. The maximum atomic E-state index is 12.1. The molecule has 1 aliphatic rings. The number of nitrogens with two attached hydrogens (primary N) is 1. The molecule has 0 atom stereocenters. The molecule has 0 fully saturated rings. The van der Waals surface area contributed by atoms with E-state index in [2.05, 4.69) is 14.9 Å². The number of benzene rings is 1. The van der Waals surface area contributed by atoms with Crippen LogP contribution in [-0.4, -0.2) is 28.5 Å². The first-order chi connectivity index (χ1) is 13.0. The molecule has 0 saturated heterocycles. The molecular weight excluding hydrogens is 368 g/mol. The Balaban J connectivity index is 1.50. The Kier molecular flexibility index (Phi) is 4.63. The van der Waals surface area contributed by atoms with Crippen LogP contribution in [0, 0.1) is 0 Å². The first-order valence-electron chi connectivity index (χ1n) is 8.56. The van der Waals surface area contributed by atoms with Crippen molar-refractivity contribution in [3.8, 4) is 17.1 Å². The van der Waals surface area contributed by atoms with Gasteiger partial charge in [0.25, 0.3) is 5.56 Å². The monoisotopic (exact) mass is 386 g/mol.